The average Bonchev–Trinajstić information content (AvgIpc) is 2.83. The van der Waals surface area contributed by atoms with Crippen molar-refractivity contribution in [2.45, 2.75) is 13.0 Å². The Kier molecular flexibility index (Phi) is 6.17. The number of benzene rings is 1. The highest BCUT2D eigenvalue weighted by atomic mass is 16.3. The van der Waals surface area contributed by atoms with E-state index in [0.717, 1.165) is 11.3 Å². The summed E-state index contributed by atoms with van der Waals surface area (Å²) in [5, 5.41) is 22.0. The van der Waals surface area contributed by atoms with Crippen molar-refractivity contribution >= 4 is 17.4 Å². The Balaban J connectivity index is 2.32. The molecule has 0 saturated heterocycles. The number of amides is 1. The van der Waals surface area contributed by atoms with Crippen LogP contribution in [0.3, 0.4) is 0 Å². The lowest BCUT2D eigenvalue weighted by Gasteiger charge is -2.27. The van der Waals surface area contributed by atoms with E-state index in [1.54, 1.807) is 0 Å². The van der Waals surface area contributed by atoms with Crippen LogP contribution in [-0.4, -0.2) is 67.1 Å². The van der Waals surface area contributed by atoms with Crippen molar-refractivity contribution in [3.63, 3.8) is 0 Å². The van der Waals surface area contributed by atoms with Crippen LogP contribution in [0.2, 0.25) is 0 Å². The first-order valence-corrected chi connectivity index (χ1v) is 8.22. The van der Waals surface area contributed by atoms with Gasteiger partial charge in [0.05, 0.1) is 18.2 Å². The molecular formula is C18H25N3O4. The topological polar surface area (TPSA) is 93.1 Å². The maximum atomic E-state index is 12.4. The van der Waals surface area contributed by atoms with Gasteiger partial charge >= 0.3 is 0 Å². The monoisotopic (exact) mass is 347 g/mol. The highest BCUT2D eigenvalue weighted by Gasteiger charge is 2.41. The van der Waals surface area contributed by atoms with Crippen LogP contribution < -0.4 is 10.2 Å². The van der Waals surface area contributed by atoms with Crippen molar-refractivity contribution in [3.8, 4) is 0 Å². The summed E-state index contributed by atoms with van der Waals surface area (Å²) in [6.07, 6.45) is 0. The van der Waals surface area contributed by atoms with Gasteiger partial charge in [-0.3, -0.25) is 9.59 Å². The molecule has 1 aromatic rings. The van der Waals surface area contributed by atoms with E-state index < -0.39 is 17.7 Å². The second-order valence-electron chi connectivity index (χ2n) is 6.18. The standard InChI is InChI=1S/C18H25N3O4/c1-12(23)15-16(13-4-6-14(7-5-13)20(2)3)21(18(25)17(15)24)10-8-19-9-11-22/h4-7,16,19,22,24H,8-11H2,1-3H3/t16-/m1/s1. The van der Waals surface area contributed by atoms with E-state index in [1.165, 1.54) is 11.8 Å². The zero-order valence-corrected chi connectivity index (χ0v) is 14.8. The number of ketones is 1. The molecular weight excluding hydrogens is 322 g/mol. The average molecular weight is 347 g/mol. The van der Waals surface area contributed by atoms with E-state index in [0.29, 0.717) is 19.6 Å². The first-order chi connectivity index (χ1) is 11.9. The third-order valence-electron chi connectivity index (χ3n) is 4.23. The van der Waals surface area contributed by atoms with Gasteiger partial charge in [-0.05, 0) is 24.6 Å². The van der Waals surface area contributed by atoms with Gasteiger partial charge in [0.1, 0.15) is 0 Å². The zero-order valence-electron chi connectivity index (χ0n) is 14.8. The molecule has 7 nitrogen and oxygen atoms in total. The van der Waals surface area contributed by atoms with Gasteiger partial charge in [-0.1, -0.05) is 12.1 Å². The van der Waals surface area contributed by atoms with Crippen LogP contribution in [0.1, 0.15) is 18.5 Å². The van der Waals surface area contributed by atoms with Crippen LogP contribution in [-0.2, 0) is 9.59 Å². The minimum absolute atomic E-state index is 0.00552. The van der Waals surface area contributed by atoms with Crippen LogP contribution in [0.5, 0.6) is 0 Å². The van der Waals surface area contributed by atoms with E-state index in [9.17, 15) is 14.7 Å². The Hall–Kier alpha value is -2.38. The molecule has 1 aliphatic rings. The maximum Gasteiger partial charge on any atom is 0.290 e. The highest BCUT2D eigenvalue weighted by Crippen LogP contribution is 2.37. The van der Waals surface area contributed by atoms with Crippen molar-refractivity contribution in [1.82, 2.24) is 10.2 Å². The Morgan fingerprint density at radius 3 is 2.40 bits per heavy atom. The number of anilines is 1. The number of nitrogens with one attached hydrogen (secondary N) is 1. The molecule has 1 heterocycles. The van der Waals surface area contributed by atoms with Gasteiger partial charge in [0.15, 0.2) is 11.5 Å². The molecule has 0 radical (unpaired) electrons. The van der Waals surface area contributed by atoms with Gasteiger partial charge < -0.3 is 25.3 Å². The molecule has 7 heteroatoms. The van der Waals surface area contributed by atoms with E-state index in [-0.39, 0.29) is 18.0 Å². The second kappa shape index (κ2) is 8.13. The van der Waals surface area contributed by atoms with Crippen LogP contribution in [0, 0.1) is 0 Å². The molecule has 2 rings (SSSR count). The molecule has 0 fully saturated rings. The summed E-state index contributed by atoms with van der Waals surface area (Å²) in [6.45, 7) is 2.55. The fraction of sp³-hybridized carbons (Fsp3) is 0.444. The minimum atomic E-state index is -0.600. The molecule has 1 amide bonds. The number of carbonyl (C=O) groups excluding carboxylic acids is 2. The Morgan fingerprint density at radius 2 is 1.88 bits per heavy atom. The van der Waals surface area contributed by atoms with Crippen molar-refractivity contribution in [2.75, 3.05) is 45.2 Å². The second-order valence-corrected chi connectivity index (χ2v) is 6.18. The summed E-state index contributed by atoms with van der Waals surface area (Å²) in [7, 11) is 3.86. The predicted octanol–water partition coefficient (Wildman–Crippen LogP) is 0.619. The molecule has 0 bridgehead atoms. The fourth-order valence-corrected chi connectivity index (χ4v) is 2.95. The van der Waals surface area contributed by atoms with Crippen LogP contribution in [0.25, 0.3) is 0 Å². The first-order valence-electron chi connectivity index (χ1n) is 8.22. The van der Waals surface area contributed by atoms with Gasteiger partial charge in [0, 0.05) is 39.4 Å². The number of nitrogens with zero attached hydrogens (tertiary/aromatic N) is 2. The number of hydrogen-bond donors (Lipinski definition) is 3. The molecule has 3 N–H and O–H groups in total. The van der Waals surface area contributed by atoms with Crippen LogP contribution in [0.4, 0.5) is 5.69 Å². The smallest absolute Gasteiger partial charge is 0.290 e. The van der Waals surface area contributed by atoms with Crippen LogP contribution in [0.15, 0.2) is 35.6 Å². The summed E-state index contributed by atoms with van der Waals surface area (Å²) >= 11 is 0. The van der Waals surface area contributed by atoms with Crippen molar-refractivity contribution in [1.29, 1.82) is 0 Å². The summed E-state index contributed by atoms with van der Waals surface area (Å²) in [6, 6.07) is 6.95. The lowest BCUT2D eigenvalue weighted by atomic mass is 9.96. The number of hydrogen-bond acceptors (Lipinski definition) is 6. The Labute approximate surface area is 147 Å². The first kappa shape index (κ1) is 19.0. The molecule has 1 atom stereocenters. The van der Waals surface area contributed by atoms with E-state index in [4.69, 9.17) is 5.11 Å². The summed E-state index contributed by atoms with van der Waals surface area (Å²) < 4.78 is 0. The SMILES string of the molecule is CC(=O)C1=C(O)C(=O)N(CCNCCO)[C@@H]1c1ccc(N(C)C)cc1. The van der Waals surface area contributed by atoms with E-state index >= 15 is 0 Å². The molecule has 1 aromatic carbocycles. The van der Waals surface area contributed by atoms with E-state index in [1.807, 2.05) is 43.3 Å². The lowest BCUT2D eigenvalue weighted by molar-refractivity contribution is -0.129. The largest absolute Gasteiger partial charge is 0.503 e. The highest BCUT2D eigenvalue weighted by molar-refractivity contribution is 6.08. The normalized spacial score (nSPS) is 17.4. The molecule has 136 valence electrons. The summed E-state index contributed by atoms with van der Waals surface area (Å²) in [5.74, 6) is -1.34. The minimum Gasteiger partial charge on any atom is -0.503 e. The third kappa shape index (κ3) is 4.00. The van der Waals surface area contributed by atoms with Crippen molar-refractivity contribution in [2.24, 2.45) is 0 Å². The number of aliphatic hydroxyl groups excluding tert-OH is 2. The van der Waals surface area contributed by atoms with Crippen molar-refractivity contribution in [3.05, 3.63) is 41.2 Å². The molecule has 25 heavy (non-hydrogen) atoms. The molecule has 0 unspecified atom stereocenters. The van der Waals surface area contributed by atoms with Crippen molar-refractivity contribution < 1.29 is 19.8 Å². The molecule has 0 aromatic heterocycles. The fourth-order valence-electron chi connectivity index (χ4n) is 2.95. The van der Waals surface area contributed by atoms with E-state index in [2.05, 4.69) is 5.32 Å². The summed E-state index contributed by atoms with van der Waals surface area (Å²) in [5.41, 5.74) is 1.90. The number of rotatable bonds is 8. The van der Waals surface area contributed by atoms with Gasteiger partial charge in [-0.2, -0.15) is 0 Å². The molecule has 0 spiro atoms. The molecule has 1 aliphatic heterocycles. The van der Waals surface area contributed by atoms with Gasteiger partial charge in [0.25, 0.3) is 5.91 Å². The predicted molar refractivity (Wildman–Crippen MR) is 95.5 cm³/mol. The third-order valence-corrected chi connectivity index (χ3v) is 4.23. The number of carbonyl (C=O) groups is 2. The van der Waals surface area contributed by atoms with Crippen LogP contribution >= 0.6 is 0 Å². The Morgan fingerprint density at radius 1 is 1.24 bits per heavy atom. The zero-order chi connectivity index (χ0) is 18.6. The lowest BCUT2D eigenvalue weighted by Crippen LogP contribution is -2.37. The summed E-state index contributed by atoms with van der Waals surface area (Å²) in [4.78, 5) is 27.9. The number of aliphatic hydroxyl groups is 2. The molecule has 0 aliphatic carbocycles. The molecule has 0 saturated carbocycles. The quantitative estimate of drug-likeness (QED) is 0.597. The van der Waals surface area contributed by atoms with Gasteiger partial charge in [-0.15, -0.1) is 0 Å². The number of Topliss-reactive ketones (excluding diaryl/α,β-unsaturated/α-hetero) is 1. The van der Waals surface area contributed by atoms with Gasteiger partial charge in [-0.25, -0.2) is 0 Å². The maximum absolute atomic E-state index is 12.4. The Bertz CT molecular complexity index is 667. The van der Waals surface area contributed by atoms with Gasteiger partial charge in [0.2, 0.25) is 0 Å².